The van der Waals surface area contributed by atoms with Crippen LogP contribution in [-0.4, -0.2) is 9.97 Å². The Morgan fingerprint density at radius 1 is 0.889 bits per heavy atom. The third kappa shape index (κ3) is 4.77. The van der Waals surface area contributed by atoms with Gasteiger partial charge >= 0.3 is 0 Å². The first-order chi connectivity index (χ1) is 13.2. The molecule has 0 saturated heterocycles. The summed E-state index contributed by atoms with van der Waals surface area (Å²) >= 11 is 0. The molecule has 27 heavy (non-hydrogen) atoms. The number of benzene rings is 2. The van der Waals surface area contributed by atoms with Crippen LogP contribution in [0.3, 0.4) is 0 Å². The molecule has 0 saturated carbocycles. The number of aromatic nitrogens is 2. The Morgan fingerprint density at radius 2 is 1.52 bits per heavy atom. The highest BCUT2D eigenvalue weighted by Gasteiger charge is 2.08. The molecule has 0 aliphatic heterocycles. The van der Waals surface area contributed by atoms with E-state index in [-0.39, 0.29) is 11.4 Å². The molecule has 0 amide bonds. The van der Waals surface area contributed by atoms with Gasteiger partial charge in [0.25, 0.3) is 0 Å². The average molecular weight is 359 g/mol. The summed E-state index contributed by atoms with van der Waals surface area (Å²) in [7, 11) is 0. The second-order valence-electron chi connectivity index (χ2n) is 6.59. The lowest BCUT2D eigenvalue weighted by Gasteiger charge is -2.06. The maximum absolute atomic E-state index is 13.7. The van der Waals surface area contributed by atoms with Gasteiger partial charge < -0.3 is 0 Å². The third-order valence-electron chi connectivity index (χ3n) is 4.61. The molecule has 0 fully saturated rings. The summed E-state index contributed by atoms with van der Waals surface area (Å²) in [6, 6.07) is 18.1. The molecule has 0 radical (unpaired) electrons. The van der Waals surface area contributed by atoms with Crippen molar-refractivity contribution in [3.63, 3.8) is 0 Å². The smallest absolute Gasteiger partial charge is 0.234 e. The molecule has 136 valence electrons. The van der Waals surface area contributed by atoms with Crippen LogP contribution in [0.5, 0.6) is 0 Å². The van der Waals surface area contributed by atoms with Gasteiger partial charge in [0.05, 0.1) is 6.20 Å². The van der Waals surface area contributed by atoms with E-state index in [1.54, 1.807) is 6.07 Å². The molecule has 0 unspecified atom stereocenters. The molecule has 0 spiro atoms. The van der Waals surface area contributed by atoms with Crippen LogP contribution in [0.4, 0.5) is 4.39 Å². The van der Waals surface area contributed by atoms with Crippen LogP contribution in [-0.2, 0) is 6.42 Å². The Kier molecular flexibility index (Phi) is 6.27. The largest absolute Gasteiger partial charge is 0.235 e. The quantitative estimate of drug-likeness (QED) is 0.387. The molecule has 1 aromatic heterocycles. The van der Waals surface area contributed by atoms with Crippen LogP contribution >= 0.6 is 0 Å². The van der Waals surface area contributed by atoms with Crippen LogP contribution in [0.25, 0.3) is 22.5 Å². The lowest BCUT2D eigenvalue weighted by molar-refractivity contribution is 0.577. The van der Waals surface area contributed by atoms with Crippen LogP contribution in [0, 0.1) is 17.3 Å². The van der Waals surface area contributed by atoms with Gasteiger partial charge in [-0.05, 0) is 29.5 Å². The van der Waals surface area contributed by atoms with Gasteiger partial charge in [0.2, 0.25) is 5.95 Å². The minimum absolute atomic E-state index is 0.148. The minimum atomic E-state index is -0.791. The lowest BCUT2D eigenvalue weighted by atomic mass is 10.00. The fourth-order valence-electron chi connectivity index (χ4n) is 3.01. The topological polar surface area (TPSA) is 49.6 Å². The van der Waals surface area contributed by atoms with Crippen molar-refractivity contribution < 1.29 is 4.39 Å². The summed E-state index contributed by atoms with van der Waals surface area (Å²) in [4.78, 5) is 7.83. The number of halogens is 1. The van der Waals surface area contributed by atoms with Crippen molar-refractivity contribution in [3.05, 3.63) is 71.8 Å². The van der Waals surface area contributed by atoms with Gasteiger partial charge in [-0.25, -0.2) is 4.98 Å². The predicted octanol–water partition coefficient (Wildman–Crippen LogP) is 5.94. The second kappa shape index (κ2) is 9.05. The number of nitriles is 1. The van der Waals surface area contributed by atoms with Gasteiger partial charge in [0.15, 0.2) is 5.82 Å². The maximum Gasteiger partial charge on any atom is 0.234 e. The summed E-state index contributed by atoms with van der Waals surface area (Å²) in [6.07, 6.45) is 7.43. The molecule has 4 heteroatoms. The van der Waals surface area contributed by atoms with E-state index in [9.17, 15) is 4.39 Å². The van der Waals surface area contributed by atoms with E-state index >= 15 is 0 Å². The van der Waals surface area contributed by atoms with E-state index in [4.69, 9.17) is 5.26 Å². The zero-order valence-corrected chi connectivity index (χ0v) is 15.5. The summed E-state index contributed by atoms with van der Waals surface area (Å²) in [6.45, 7) is 2.23. The van der Waals surface area contributed by atoms with Gasteiger partial charge in [-0.1, -0.05) is 74.7 Å². The maximum atomic E-state index is 13.7. The number of rotatable bonds is 7. The van der Waals surface area contributed by atoms with Crippen LogP contribution in [0.15, 0.2) is 54.7 Å². The monoisotopic (exact) mass is 359 g/mol. The van der Waals surface area contributed by atoms with Crippen LogP contribution in [0.1, 0.15) is 43.7 Å². The highest BCUT2D eigenvalue weighted by Crippen LogP contribution is 2.24. The normalized spacial score (nSPS) is 10.6. The molecule has 0 atom stereocenters. The summed E-state index contributed by atoms with van der Waals surface area (Å²) in [5, 5.41) is 8.76. The first-order valence-electron chi connectivity index (χ1n) is 9.33. The van der Waals surface area contributed by atoms with Gasteiger partial charge in [-0.2, -0.15) is 14.6 Å². The standard InChI is InChI=1S/C23H22FN3/c1-2-3-4-5-6-17-7-9-18(10-8-17)19-11-13-20(14-12-19)23-26-16-21(15-25)22(24)27-23/h7-14,16H,2-6H2,1H3. The first-order valence-corrected chi connectivity index (χ1v) is 9.33. The van der Waals surface area contributed by atoms with Crippen molar-refractivity contribution in [1.29, 1.82) is 5.26 Å². The average Bonchev–Trinajstić information content (AvgIpc) is 2.72. The minimum Gasteiger partial charge on any atom is -0.235 e. The Hall–Kier alpha value is -3.06. The number of aryl methyl sites for hydroxylation is 1. The highest BCUT2D eigenvalue weighted by molar-refractivity contribution is 5.67. The molecule has 3 aromatic rings. The molecule has 0 aliphatic rings. The van der Waals surface area contributed by atoms with E-state index in [1.165, 1.54) is 37.4 Å². The number of hydrogen-bond donors (Lipinski definition) is 0. The van der Waals surface area contributed by atoms with E-state index in [0.29, 0.717) is 0 Å². The molecule has 0 bridgehead atoms. The van der Waals surface area contributed by atoms with Crippen LogP contribution in [0.2, 0.25) is 0 Å². The van der Waals surface area contributed by atoms with E-state index in [0.717, 1.165) is 23.1 Å². The molecule has 1 heterocycles. The molecule has 3 rings (SSSR count). The van der Waals surface area contributed by atoms with Crippen LogP contribution < -0.4 is 0 Å². The van der Waals surface area contributed by atoms with Gasteiger partial charge in [-0.3, -0.25) is 0 Å². The van der Waals surface area contributed by atoms with E-state index in [2.05, 4.69) is 41.2 Å². The fraction of sp³-hybridized carbons (Fsp3) is 0.261. The summed E-state index contributed by atoms with van der Waals surface area (Å²) < 4.78 is 13.7. The SMILES string of the molecule is CCCCCCc1ccc(-c2ccc(-c3ncc(C#N)c(F)n3)cc2)cc1. The van der Waals surface area contributed by atoms with Gasteiger partial charge in [0.1, 0.15) is 11.6 Å². The van der Waals surface area contributed by atoms with Crippen molar-refractivity contribution in [2.24, 2.45) is 0 Å². The predicted molar refractivity (Wildman–Crippen MR) is 105 cm³/mol. The van der Waals surface area contributed by atoms with Gasteiger partial charge in [-0.15, -0.1) is 0 Å². The van der Waals surface area contributed by atoms with E-state index < -0.39 is 5.95 Å². The fourth-order valence-corrected chi connectivity index (χ4v) is 3.01. The number of nitrogens with zero attached hydrogens (tertiary/aromatic N) is 3. The lowest BCUT2D eigenvalue weighted by Crippen LogP contribution is -1.96. The highest BCUT2D eigenvalue weighted by atomic mass is 19.1. The zero-order chi connectivity index (χ0) is 19.1. The Bertz CT molecular complexity index is 925. The van der Waals surface area contributed by atoms with E-state index in [1.807, 2.05) is 24.3 Å². The second-order valence-corrected chi connectivity index (χ2v) is 6.59. The van der Waals surface area contributed by atoms with Crippen molar-refractivity contribution in [2.75, 3.05) is 0 Å². The molecule has 2 aromatic carbocycles. The van der Waals surface area contributed by atoms with Crippen molar-refractivity contribution in [2.45, 2.75) is 39.0 Å². The van der Waals surface area contributed by atoms with Crippen molar-refractivity contribution in [3.8, 4) is 28.6 Å². The third-order valence-corrected chi connectivity index (χ3v) is 4.61. The Morgan fingerprint density at radius 3 is 2.11 bits per heavy atom. The summed E-state index contributed by atoms with van der Waals surface area (Å²) in [5.74, 6) is -0.512. The molecule has 3 nitrogen and oxygen atoms in total. The molecule has 0 N–H and O–H groups in total. The molecule has 0 aliphatic carbocycles. The summed E-state index contributed by atoms with van der Waals surface area (Å²) in [5.41, 5.74) is 4.17. The van der Waals surface area contributed by atoms with Crippen molar-refractivity contribution in [1.82, 2.24) is 9.97 Å². The van der Waals surface area contributed by atoms with Gasteiger partial charge in [0, 0.05) is 5.56 Å². The molecular weight excluding hydrogens is 337 g/mol. The Labute approximate surface area is 159 Å². The van der Waals surface area contributed by atoms with Crippen molar-refractivity contribution >= 4 is 0 Å². The molecular formula is C23H22FN3. The first kappa shape index (κ1) is 18.7. The zero-order valence-electron chi connectivity index (χ0n) is 15.5. The number of unbranched alkanes of at least 4 members (excludes halogenated alkanes) is 3. The number of hydrogen-bond acceptors (Lipinski definition) is 3. The Balaban J connectivity index is 1.70.